The van der Waals surface area contributed by atoms with Gasteiger partial charge in [0.2, 0.25) is 0 Å². The molecule has 0 fully saturated rings. The van der Waals surface area contributed by atoms with Crippen LogP contribution in [-0.4, -0.2) is 16.0 Å². The molecule has 2 N–H and O–H groups in total. The minimum Gasteiger partial charge on any atom is -0.508 e. The van der Waals surface area contributed by atoms with E-state index in [1.807, 2.05) is 20.8 Å². The molecule has 21 heavy (non-hydrogen) atoms. The van der Waals surface area contributed by atoms with E-state index in [4.69, 9.17) is 0 Å². The fraction of sp³-hybridized carbons (Fsp3) is 0.278. The number of aromatic hydroxyl groups is 1. The van der Waals surface area contributed by atoms with Gasteiger partial charge in [-0.1, -0.05) is 18.7 Å². The number of phenols is 1. The van der Waals surface area contributed by atoms with Crippen molar-refractivity contribution in [3.63, 3.8) is 0 Å². The number of benzene rings is 1. The molecule has 2 aliphatic carbocycles. The van der Waals surface area contributed by atoms with Crippen LogP contribution in [0.4, 0.5) is 0 Å². The first-order chi connectivity index (χ1) is 9.69. The minimum absolute atomic E-state index is 0.0436. The molecule has 0 aromatic heterocycles. The Kier molecular flexibility index (Phi) is 2.53. The van der Waals surface area contributed by atoms with Crippen molar-refractivity contribution in [2.45, 2.75) is 26.2 Å². The zero-order valence-corrected chi connectivity index (χ0v) is 12.4. The van der Waals surface area contributed by atoms with Gasteiger partial charge in [0.05, 0.1) is 5.41 Å². The highest BCUT2D eigenvalue weighted by atomic mass is 16.3. The number of rotatable bonds is 0. The number of aliphatic hydroxyl groups is 1. The van der Waals surface area contributed by atoms with Gasteiger partial charge in [0, 0.05) is 11.0 Å². The summed E-state index contributed by atoms with van der Waals surface area (Å²) in [5, 5.41) is 20.5. The molecule has 2 aliphatic rings. The number of carbonyl (C=O) groups is 1. The third kappa shape index (κ3) is 1.57. The van der Waals surface area contributed by atoms with Crippen LogP contribution in [0.3, 0.4) is 0 Å². The highest BCUT2D eigenvalue weighted by Gasteiger charge is 2.50. The van der Waals surface area contributed by atoms with Gasteiger partial charge < -0.3 is 10.2 Å². The molecule has 0 saturated carbocycles. The zero-order valence-electron chi connectivity index (χ0n) is 12.4. The molecular formula is C18H18O3. The molecule has 1 aromatic rings. The summed E-state index contributed by atoms with van der Waals surface area (Å²) in [5.41, 5.74) is 1.36. The topological polar surface area (TPSA) is 57.5 Å². The Morgan fingerprint density at radius 2 is 1.81 bits per heavy atom. The van der Waals surface area contributed by atoms with Crippen LogP contribution < -0.4 is 0 Å². The summed E-state index contributed by atoms with van der Waals surface area (Å²) in [7, 11) is 0. The first-order valence-electron chi connectivity index (χ1n) is 6.90. The van der Waals surface area contributed by atoms with Crippen LogP contribution in [0, 0.1) is 5.41 Å². The summed E-state index contributed by atoms with van der Waals surface area (Å²) >= 11 is 0. The van der Waals surface area contributed by atoms with Gasteiger partial charge in [-0.15, -0.1) is 0 Å². The number of allylic oxidation sites excluding steroid dienone is 4. The van der Waals surface area contributed by atoms with Crippen LogP contribution >= 0.6 is 0 Å². The molecule has 1 atom stereocenters. The molecule has 1 aromatic carbocycles. The first-order valence-corrected chi connectivity index (χ1v) is 6.90. The Balaban J connectivity index is 2.43. The SMILES string of the molecule is C=C1C(O)=C2C(C)(C)C(=O)C=CC2(C)c2cc(O)ccc21. The van der Waals surface area contributed by atoms with Crippen LogP contribution in [0.5, 0.6) is 5.75 Å². The smallest absolute Gasteiger partial charge is 0.165 e. The van der Waals surface area contributed by atoms with E-state index in [1.54, 1.807) is 30.4 Å². The van der Waals surface area contributed by atoms with Gasteiger partial charge in [-0.25, -0.2) is 0 Å². The molecule has 3 rings (SSSR count). The Morgan fingerprint density at radius 3 is 2.48 bits per heavy atom. The summed E-state index contributed by atoms with van der Waals surface area (Å²) < 4.78 is 0. The van der Waals surface area contributed by atoms with Crippen LogP contribution in [0.1, 0.15) is 31.9 Å². The van der Waals surface area contributed by atoms with Crippen molar-refractivity contribution in [1.82, 2.24) is 0 Å². The van der Waals surface area contributed by atoms with Gasteiger partial charge in [-0.3, -0.25) is 4.79 Å². The molecule has 0 saturated heterocycles. The Hall–Kier alpha value is -2.29. The lowest BCUT2D eigenvalue weighted by molar-refractivity contribution is -0.121. The predicted octanol–water partition coefficient (Wildman–Crippen LogP) is 3.65. The van der Waals surface area contributed by atoms with Gasteiger partial charge >= 0.3 is 0 Å². The monoisotopic (exact) mass is 282 g/mol. The van der Waals surface area contributed by atoms with E-state index in [1.165, 1.54) is 0 Å². The summed E-state index contributed by atoms with van der Waals surface area (Å²) in [6, 6.07) is 5.01. The lowest BCUT2D eigenvalue weighted by atomic mass is 9.57. The number of phenolic OH excluding ortho intramolecular Hbond substituents is 1. The molecule has 0 bridgehead atoms. The van der Waals surface area contributed by atoms with Gasteiger partial charge in [0.1, 0.15) is 11.5 Å². The Labute approximate surface area is 123 Å². The van der Waals surface area contributed by atoms with Crippen molar-refractivity contribution in [3.8, 4) is 5.75 Å². The van der Waals surface area contributed by atoms with Crippen LogP contribution in [0.25, 0.3) is 5.57 Å². The number of aliphatic hydroxyl groups excluding tert-OH is 1. The molecule has 108 valence electrons. The van der Waals surface area contributed by atoms with E-state index in [2.05, 4.69) is 6.58 Å². The van der Waals surface area contributed by atoms with Crippen LogP contribution in [0.2, 0.25) is 0 Å². The second-order valence-corrected chi connectivity index (χ2v) is 6.46. The van der Waals surface area contributed by atoms with Crippen LogP contribution in [-0.2, 0) is 10.2 Å². The fourth-order valence-corrected chi connectivity index (χ4v) is 3.58. The lowest BCUT2D eigenvalue weighted by Crippen LogP contribution is -2.43. The standard InChI is InChI=1S/C18H18O3/c1-10-12-6-5-11(19)9-13(12)18(4)8-7-14(20)17(2,3)16(18)15(10)21/h5-9,19,21H,1H2,2-4H3. The average molecular weight is 282 g/mol. The number of hydrogen-bond acceptors (Lipinski definition) is 3. The number of fused-ring (bicyclic) bond motifs is 3. The van der Waals surface area contributed by atoms with E-state index in [0.717, 1.165) is 11.1 Å². The summed E-state index contributed by atoms with van der Waals surface area (Å²) in [5.74, 6) is 0.197. The molecule has 3 nitrogen and oxygen atoms in total. The normalized spacial score (nSPS) is 26.6. The van der Waals surface area contributed by atoms with Crippen molar-refractivity contribution >= 4 is 11.4 Å². The van der Waals surface area contributed by atoms with Crippen molar-refractivity contribution < 1.29 is 15.0 Å². The highest BCUT2D eigenvalue weighted by molar-refractivity contribution is 6.01. The molecule has 1 unspecified atom stereocenters. The maximum atomic E-state index is 12.2. The lowest BCUT2D eigenvalue weighted by Gasteiger charge is -2.45. The summed E-state index contributed by atoms with van der Waals surface area (Å²) in [4.78, 5) is 12.2. The summed E-state index contributed by atoms with van der Waals surface area (Å²) in [6.45, 7) is 9.52. The fourth-order valence-electron chi connectivity index (χ4n) is 3.58. The minimum atomic E-state index is -0.806. The van der Waals surface area contributed by atoms with Crippen molar-refractivity contribution in [2.24, 2.45) is 5.41 Å². The van der Waals surface area contributed by atoms with Gasteiger partial charge in [-0.05, 0) is 55.7 Å². The number of hydrogen-bond donors (Lipinski definition) is 2. The van der Waals surface area contributed by atoms with E-state index in [9.17, 15) is 15.0 Å². The zero-order chi connectivity index (χ0) is 15.6. The van der Waals surface area contributed by atoms with E-state index >= 15 is 0 Å². The largest absolute Gasteiger partial charge is 0.508 e. The predicted molar refractivity (Wildman–Crippen MR) is 82.1 cm³/mol. The maximum Gasteiger partial charge on any atom is 0.165 e. The van der Waals surface area contributed by atoms with E-state index < -0.39 is 10.8 Å². The van der Waals surface area contributed by atoms with Gasteiger partial charge in [0.25, 0.3) is 0 Å². The third-order valence-electron chi connectivity index (χ3n) is 4.74. The third-order valence-corrected chi connectivity index (χ3v) is 4.74. The number of ketones is 1. The van der Waals surface area contributed by atoms with Gasteiger partial charge in [0.15, 0.2) is 5.78 Å². The van der Waals surface area contributed by atoms with Crippen molar-refractivity contribution in [2.75, 3.05) is 0 Å². The average Bonchev–Trinajstić information content (AvgIpc) is 2.41. The quantitative estimate of drug-likeness (QED) is 0.763. The summed E-state index contributed by atoms with van der Waals surface area (Å²) in [6.07, 6.45) is 3.37. The van der Waals surface area contributed by atoms with E-state index in [0.29, 0.717) is 11.1 Å². The maximum absolute atomic E-state index is 12.2. The molecular weight excluding hydrogens is 264 g/mol. The molecule has 3 heteroatoms. The van der Waals surface area contributed by atoms with Crippen molar-refractivity contribution in [1.29, 1.82) is 0 Å². The molecule has 0 radical (unpaired) electrons. The molecule has 0 amide bonds. The van der Waals surface area contributed by atoms with E-state index in [-0.39, 0.29) is 17.3 Å². The van der Waals surface area contributed by atoms with Crippen molar-refractivity contribution in [3.05, 3.63) is 59.4 Å². The second-order valence-electron chi connectivity index (χ2n) is 6.46. The Morgan fingerprint density at radius 1 is 1.14 bits per heavy atom. The molecule has 0 spiro atoms. The highest BCUT2D eigenvalue weighted by Crippen LogP contribution is 2.54. The van der Waals surface area contributed by atoms with Crippen LogP contribution in [0.15, 0.2) is 48.3 Å². The second kappa shape index (κ2) is 3.88. The Bertz CT molecular complexity index is 750. The first kappa shape index (κ1) is 13.7. The molecule has 0 heterocycles. The number of carbonyl (C=O) groups excluding carboxylic acids is 1. The molecule has 0 aliphatic heterocycles. The van der Waals surface area contributed by atoms with Gasteiger partial charge in [-0.2, -0.15) is 0 Å².